The summed E-state index contributed by atoms with van der Waals surface area (Å²) in [6, 6.07) is 2.96. The van der Waals surface area contributed by atoms with Crippen molar-refractivity contribution in [2.75, 3.05) is 6.61 Å². The number of rotatable bonds is 18. The van der Waals surface area contributed by atoms with E-state index >= 15 is 0 Å². The molecule has 0 saturated carbocycles. The first-order valence-corrected chi connectivity index (χ1v) is 13.3. The highest BCUT2D eigenvalue weighted by molar-refractivity contribution is 5.59. The monoisotopic (exact) mass is 472 g/mol. The van der Waals surface area contributed by atoms with Gasteiger partial charge in [0.05, 0.1) is 12.2 Å². The van der Waals surface area contributed by atoms with Gasteiger partial charge in [0.15, 0.2) is 17.4 Å². The molecule has 0 aliphatic rings. The van der Waals surface area contributed by atoms with Gasteiger partial charge >= 0.3 is 0 Å². The first kappa shape index (κ1) is 27.9. The van der Waals surface area contributed by atoms with Crippen LogP contribution in [0.1, 0.15) is 109 Å². The molecular formula is C29H42F2N2O. The molecule has 1 aromatic heterocycles. The minimum Gasteiger partial charge on any atom is -0.490 e. The number of hydrogen-bond acceptors (Lipinski definition) is 3. The van der Waals surface area contributed by atoms with Gasteiger partial charge in [-0.05, 0) is 31.4 Å². The third-order valence-corrected chi connectivity index (χ3v) is 6.00. The first-order chi connectivity index (χ1) is 16.7. The predicted octanol–water partition coefficient (Wildman–Crippen LogP) is 9.31. The number of allylic oxidation sites excluding steroid dienone is 1. The standard InChI is InChI=1S/C29H42F2N2O/c1-3-5-7-9-11-13-15-17-21-34-26-20-19-25(27(30)28(26)31)29-32-22-24(23-33-29)18-16-14-12-10-8-6-4-2/h16,18-20,22-23H,3-15,17,21H2,1-2H3/b18-16+. The van der Waals surface area contributed by atoms with Crippen molar-refractivity contribution >= 4 is 6.08 Å². The highest BCUT2D eigenvalue weighted by atomic mass is 19.2. The number of unbranched alkanes of at least 4 members (excludes halogenated alkanes) is 12. The fourth-order valence-corrected chi connectivity index (χ4v) is 3.88. The minimum atomic E-state index is -0.979. The fourth-order valence-electron chi connectivity index (χ4n) is 3.88. The lowest BCUT2D eigenvalue weighted by Gasteiger charge is -2.10. The third-order valence-electron chi connectivity index (χ3n) is 6.00. The first-order valence-electron chi connectivity index (χ1n) is 13.3. The Morgan fingerprint density at radius 3 is 1.97 bits per heavy atom. The lowest BCUT2D eigenvalue weighted by Crippen LogP contribution is -2.02. The maximum absolute atomic E-state index is 14.7. The lowest BCUT2D eigenvalue weighted by molar-refractivity contribution is 0.285. The smallest absolute Gasteiger partial charge is 0.201 e. The van der Waals surface area contributed by atoms with E-state index in [0.29, 0.717) is 6.61 Å². The predicted molar refractivity (Wildman–Crippen MR) is 138 cm³/mol. The van der Waals surface area contributed by atoms with Gasteiger partial charge in [0.25, 0.3) is 0 Å². The van der Waals surface area contributed by atoms with Crippen LogP contribution in [-0.4, -0.2) is 16.6 Å². The molecule has 188 valence electrons. The van der Waals surface area contributed by atoms with Crippen molar-refractivity contribution in [3.8, 4) is 17.1 Å². The van der Waals surface area contributed by atoms with E-state index in [9.17, 15) is 8.78 Å². The van der Waals surface area contributed by atoms with E-state index < -0.39 is 11.6 Å². The number of aromatic nitrogens is 2. The zero-order valence-corrected chi connectivity index (χ0v) is 21.1. The molecular weight excluding hydrogens is 430 g/mol. The van der Waals surface area contributed by atoms with Crippen molar-refractivity contribution in [1.29, 1.82) is 0 Å². The Morgan fingerprint density at radius 1 is 0.735 bits per heavy atom. The van der Waals surface area contributed by atoms with E-state index in [2.05, 4.69) is 29.9 Å². The van der Waals surface area contributed by atoms with Crippen LogP contribution in [0.5, 0.6) is 5.75 Å². The zero-order valence-electron chi connectivity index (χ0n) is 21.1. The van der Waals surface area contributed by atoms with Crippen molar-refractivity contribution in [3.05, 3.63) is 47.8 Å². The van der Waals surface area contributed by atoms with Crippen molar-refractivity contribution in [2.24, 2.45) is 0 Å². The third kappa shape index (κ3) is 10.3. The fraction of sp³-hybridized carbons (Fsp3) is 0.586. The Bertz CT molecular complexity index is 837. The van der Waals surface area contributed by atoms with Crippen LogP contribution >= 0.6 is 0 Å². The molecule has 0 amide bonds. The van der Waals surface area contributed by atoms with E-state index in [4.69, 9.17) is 4.74 Å². The van der Waals surface area contributed by atoms with Gasteiger partial charge in [-0.15, -0.1) is 0 Å². The van der Waals surface area contributed by atoms with Gasteiger partial charge in [-0.25, -0.2) is 14.4 Å². The molecule has 3 nitrogen and oxygen atoms in total. The van der Waals surface area contributed by atoms with Crippen molar-refractivity contribution in [1.82, 2.24) is 9.97 Å². The molecule has 1 aromatic carbocycles. The van der Waals surface area contributed by atoms with Crippen LogP contribution in [0.15, 0.2) is 30.6 Å². The molecule has 0 radical (unpaired) electrons. The van der Waals surface area contributed by atoms with Crippen molar-refractivity contribution in [2.45, 2.75) is 104 Å². The normalized spacial score (nSPS) is 11.4. The van der Waals surface area contributed by atoms with Crippen molar-refractivity contribution in [3.63, 3.8) is 0 Å². The molecule has 34 heavy (non-hydrogen) atoms. The van der Waals surface area contributed by atoms with Crippen LogP contribution in [0.2, 0.25) is 0 Å². The SMILES string of the molecule is CCCCCCC/C=C/c1cnc(-c2ccc(OCCCCCCCCCC)c(F)c2F)nc1. The van der Waals surface area contributed by atoms with E-state index in [-0.39, 0.29) is 17.1 Å². The van der Waals surface area contributed by atoms with Gasteiger partial charge in [0.1, 0.15) is 0 Å². The second-order valence-electron chi connectivity index (χ2n) is 9.01. The minimum absolute atomic E-state index is 0.0448. The van der Waals surface area contributed by atoms with Crippen LogP contribution in [0.3, 0.4) is 0 Å². The topological polar surface area (TPSA) is 35.0 Å². The molecule has 0 N–H and O–H groups in total. The summed E-state index contributed by atoms with van der Waals surface area (Å²) >= 11 is 0. The number of nitrogens with zero attached hydrogens (tertiary/aromatic N) is 2. The van der Waals surface area contributed by atoms with Gasteiger partial charge in [0.2, 0.25) is 5.82 Å². The Morgan fingerprint density at radius 2 is 1.32 bits per heavy atom. The van der Waals surface area contributed by atoms with Gasteiger partial charge in [-0.2, -0.15) is 4.39 Å². The van der Waals surface area contributed by atoms with Crippen LogP contribution in [0.4, 0.5) is 8.78 Å². The van der Waals surface area contributed by atoms with E-state index in [1.165, 1.54) is 76.3 Å². The van der Waals surface area contributed by atoms with Crippen LogP contribution in [-0.2, 0) is 0 Å². The number of benzene rings is 1. The molecule has 0 bridgehead atoms. The van der Waals surface area contributed by atoms with Crippen molar-refractivity contribution < 1.29 is 13.5 Å². The summed E-state index contributed by atoms with van der Waals surface area (Å²) in [5, 5.41) is 0. The maximum atomic E-state index is 14.7. The summed E-state index contributed by atoms with van der Waals surface area (Å²) in [4.78, 5) is 8.47. The van der Waals surface area contributed by atoms with Gasteiger partial charge in [-0.3, -0.25) is 0 Å². The Balaban J connectivity index is 1.79. The van der Waals surface area contributed by atoms with E-state index in [1.807, 2.05) is 6.08 Å². The number of ether oxygens (including phenoxy) is 1. The molecule has 0 aliphatic heterocycles. The molecule has 5 heteroatoms. The summed E-state index contributed by atoms with van der Waals surface area (Å²) < 4.78 is 34.7. The van der Waals surface area contributed by atoms with Gasteiger partial charge in [-0.1, -0.05) is 96.6 Å². The number of halogens is 2. The van der Waals surface area contributed by atoms with E-state index in [1.54, 1.807) is 12.4 Å². The molecule has 0 aliphatic carbocycles. The van der Waals surface area contributed by atoms with E-state index in [0.717, 1.165) is 31.2 Å². The molecule has 1 heterocycles. The highest BCUT2D eigenvalue weighted by Crippen LogP contribution is 2.28. The molecule has 0 fully saturated rings. The average molecular weight is 473 g/mol. The maximum Gasteiger partial charge on any atom is 0.201 e. The second-order valence-corrected chi connectivity index (χ2v) is 9.01. The van der Waals surface area contributed by atoms with Gasteiger partial charge < -0.3 is 4.74 Å². The molecule has 0 atom stereocenters. The van der Waals surface area contributed by atoms with Crippen LogP contribution < -0.4 is 4.74 Å². The summed E-state index contributed by atoms with van der Waals surface area (Å²) in [6.07, 6.45) is 24.0. The largest absolute Gasteiger partial charge is 0.490 e. The Kier molecular flexibility index (Phi) is 14.1. The molecule has 0 unspecified atom stereocenters. The molecule has 0 saturated heterocycles. The average Bonchev–Trinajstić information content (AvgIpc) is 2.85. The van der Waals surface area contributed by atoms with Crippen LogP contribution in [0.25, 0.3) is 17.5 Å². The Labute approximate surface area is 205 Å². The second kappa shape index (κ2) is 17.2. The summed E-state index contributed by atoms with van der Waals surface area (Å²) in [5.74, 6) is -1.83. The molecule has 2 aromatic rings. The summed E-state index contributed by atoms with van der Waals surface area (Å²) in [6.45, 7) is 4.82. The van der Waals surface area contributed by atoms with Gasteiger partial charge in [0, 0.05) is 18.0 Å². The number of hydrogen-bond donors (Lipinski definition) is 0. The Hall–Kier alpha value is -2.30. The zero-order chi connectivity index (χ0) is 24.4. The molecule has 0 spiro atoms. The highest BCUT2D eigenvalue weighted by Gasteiger charge is 2.17. The van der Waals surface area contributed by atoms with Crippen LogP contribution in [0, 0.1) is 11.6 Å². The summed E-state index contributed by atoms with van der Waals surface area (Å²) in [5.41, 5.74) is 0.895. The quantitative estimate of drug-likeness (QED) is 0.203. The lowest BCUT2D eigenvalue weighted by atomic mass is 10.1. The summed E-state index contributed by atoms with van der Waals surface area (Å²) in [7, 11) is 0. The molecule has 2 rings (SSSR count).